The number of nitrogens with one attached hydrogen (secondary N) is 1. The van der Waals surface area contributed by atoms with Crippen LogP contribution >= 0.6 is 0 Å². The van der Waals surface area contributed by atoms with Crippen molar-refractivity contribution < 1.29 is 16.8 Å². The number of unbranched alkanes of at least 4 members (excludes halogenated alkanes) is 1. The van der Waals surface area contributed by atoms with Crippen molar-refractivity contribution >= 4 is 19.9 Å². The zero-order valence-electron chi connectivity index (χ0n) is 11.5. The summed E-state index contributed by atoms with van der Waals surface area (Å²) in [5.41, 5.74) is 0. The number of hydrogen-bond acceptors (Lipinski definition) is 5. The second kappa shape index (κ2) is 7.56. The van der Waals surface area contributed by atoms with E-state index < -0.39 is 19.9 Å². The van der Waals surface area contributed by atoms with E-state index in [2.05, 4.69) is 5.32 Å². The summed E-state index contributed by atoms with van der Waals surface area (Å²) in [5.74, 6) is 0.154. The monoisotopic (exact) mass is 312 g/mol. The molecule has 6 nitrogen and oxygen atoms in total. The molecule has 19 heavy (non-hydrogen) atoms. The highest BCUT2D eigenvalue weighted by Crippen LogP contribution is 2.11. The Morgan fingerprint density at radius 3 is 2.58 bits per heavy atom. The Balaban J connectivity index is 2.44. The van der Waals surface area contributed by atoms with Gasteiger partial charge in [0.05, 0.1) is 17.3 Å². The van der Waals surface area contributed by atoms with Crippen LogP contribution in [0.3, 0.4) is 0 Å². The second-order valence-corrected chi connectivity index (χ2v) is 9.17. The maximum absolute atomic E-state index is 12.1. The van der Waals surface area contributed by atoms with Crippen LogP contribution in [0, 0.1) is 0 Å². The van der Waals surface area contributed by atoms with Gasteiger partial charge < -0.3 is 5.32 Å². The summed E-state index contributed by atoms with van der Waals surface area (Å²) >= 11 is 0. The van der Waals surface area contributed by atoms with Crippen LogP contribution in [0.25, 0.3) is 0 Å². The lowest BCUT2D eigenvalue weighted by atomic mass is 10.3. The van der Waals surface area contributed by atoms with Crippen LogP contribution in [0.5, 0.6) is 0 Å². The standard InChI is InChI=1S/C11H24N2O4S2/c1-2-12-6-3-4-10-19(16,17)13-7-5-9-18(14,15)11-8-13/h12H,2-11H2,1H3. The molecule has 0 spiro atoms. The molecular weight excluding hydrogens is 288 g/mol. The average molecular weight is 312 g/mol. The fourth-order valence-electron chi connectivity index (χ4n) is 2.03. The molecule has 0 saturated carbocycles. The Morgan fingerprint density at radius 2 is 1.89 bits per heavy atom. The van der Waals surface area contributed by atoms with Gasteiger partial charge in [-0.1, -0.05) is 6.92 Å². The highest BCUT2D eigenvalue weighted by molar-refractivity contribution is 7.91. The summed E-state index contributed by atoms with van der Waals surface area (Å²) in [4.78, 5) is 0. The van der Waals surface area contributed by atoms with E-state index in [-0.39, 0.29) is 23.8 Å². The molecule has 1 aliphatic heterocycles. The van der Waals surface area contributed by atoms with E-state index in [0.29, 0.717) is 19.4 Å². The van der Waals surface area contributed by atoms with E-state index in [0.717, 1.165) is 19.5 Å². The Labute approximate surface area is 116 Å². The van der Waals surface area contributed by atoms with Crippen molar-refractivity contribution in [1.82, 2.24) is 9.62 Å². The first-order valence-electron chi connectivity index (χ1n) is 6.76. The van der Waals surface area contributed by atoms with Crippen molar-refractivity contribution in [2.24, 2.45) is 0 Å². The molecule has 0 aromatic heterocycles. The molecule has 114 valence electrons. The molecule has 1 heterocycles. The van der Waals surface area contributed by atoms with Crippen molar-refractivity contribution in [2.45, 2.75) is 26.2 Å². The quantitative estimate of drug-likeness (QED) is 0.660. The predicted octanol–water partition coefficient (Wildman–Crippen LogP) is -0.174. The van der Waals surface area contributed by atoms with Crippen LogP contribution in [-0.2, 0) is 19.9 Å². The van der Waals surface area contributed by atoms with Gasteiger partial charge in [0.2, 0.25) is 10.0 Å². The highest BCUT2D eigenvalue weighted by atomic mass is 32.2. The summed E-state index contributed by atoms with van der Waals surface area (Å²) in [6.45, 7) is 4.15. The molecule has 8 heteroatoms. The number of sulfonamides is 1. The topological polar surface area (TPSA) is 83.6 Å². The van der Waals surface area contributed by atoms with Crippen LogP contribution < -0.4 is 5.32 Å². The Hall–Kier alpha value is -0.180. The van der Waals surface area contributed by atoms with Crippen LogP contribution in [0.2, 0.25) is 0 Å². The summed E-state index contributed by atoms with van der Waals surface area (Å²) in [7, 11) is -6.36. The Bertz CT molecular complexity index is 459. The minimum absolute atomic E-state index is 0.0520. The largest absolute Gasteiger partial charge is 0.317 e. The third kappa shape index (κ3) is 6.20. The van der Waals surface area contributed by atoms with Crippen molar-refractivity contribution in [3.05, 3.63) is 0 Å². The van der Waals surface area contributed by atoms with E-state index in [1.54, 1.807) is 0 Å². The molecule has 1 rings (SSSR count). The zero-order chi connectivity index (χ0) is 14.4. The summed E-state index contributed by atoms with van der Waals surface area (Å²) in [5, 5.41) is 3.15. The van der Waals surface area contributed by atoms with E-state index in [4.69, 9.17) is 0 Å². The minimum Gasteiger partial charge on any atom is -0.317 e. The fraction of sp³-hybridized carbons (Fsp3) is 1.00. The Morgan fingerprint density at radius 1 is 1.16 bits per heavy atom. The molecule has 0 bridgehead atoms. The molecule has 1 saturated heterocycles. The van der Waals surface area contributed by atoms with E-state index in [1.807, 2.05) is 6.92 Å². The second-order valence-electron chi connectivity index (χ2n) is 4.78. The van der Waals surface area contributed by atoms with Crippen LogP contribution in [0.15, 0.2) is 0 Å². The van der Waals surface area contributed by atoms with Gasteiger partial charge in [-0.2, -0.15) is 0 Å². The van der Waals surface area contributed by atoms with E-state index >= 15 is 0 Å². The van der Waals surface area contributed by atoms with Gasteiger partial charge in [-0.15, -0.1) is 0 Å². The summed E-state index contributed by atoms with van der Waals surface area (Å²) < 4.78 is 48.4. The molecule has 0 unspecified atom stereocenters. The lowest BCUT2D eigenvalue weighted by Crippen LogP contribution is -2.35. The normalized spacial score (nSPS) is 21.1. The highest BCUT2D eigenvalue weighted by Gasteiger charge is 2.26. The third-order valence-electron chi connectivity index (χ3n) is 3.16. The van der Waals surface area contributed by atoms with Crippen LogP contribution in [-0.4, -0.2) is 64.6 Å². The van der Waals surface area contributed by atoms with Gasteiger partial charge in [0.1, 0.15) is 0 Å². The molecule has 0 amide bonds. The Kier molecular flexibility index (Phi) is 6.72. The van der Waals surface area contributed by atoms with Gasteiger partial charge in [-0.3, -0.25) is 0 Å². The average Bonchev–Trinajstić information content (AvgIpc) is 2.50. The molecule has 1 fully saturated rings. The van der Waals surface area contributed by atoms with Crippen molar-refractivity contribution in [3.8, 4) is 0 Å². The first kappa shape index (κ1) is 16.9. The number of sulfone groups is 1. The number of nitrogens with zero attached hydrogens (tertiary/aromatic N) is 1. The van der Waals surface area contributed by atoms with Gasteiger partial charge in [0.25, 0.3) is 0 Å². The first-order valence-corrected chi connectivity index (χ1v) is 10.2. The fourth-order valence-corrected chi connectivity index (χ4v) is 5.03. The maximum atomic E-state index is 12.1. The zero-order valence-corrected chi connectivity index (χ0v) is 13.1. The minimum atomic E-state index is -3.30. The molecule has 0 aromatic carbocycles. The molecule has 0 aliphatic carbocycles. The van der Waals surface area contributed by atoms with Gasteiger partial charge in [-0.05, 0) is 32.4 Å². The maximum Gasteiger partial charge on any atom is 0.214 e. The molecule has 0 atom stereocenters. The van der Waals surface area contributed by atoms with Gasteiger partial charge >= 0.3 is 0 Å². The third-order valence-corrected chi connectivity index (χ3v) is 6.84. The van der Waals surface area contributed by atoms with Crippen molar-refractivity contribution in [2.75, 3.05) is 43.4 Å². The lowest BCUT2D eigenvalue weighted by Gasteiger charge is -2.19. The van der Waals surface area contributed by atoms with Crippen molar-refractivity contribution in [1.29, 1.82) is 0 Å². The number of rotatable bonds is 7. The molecule has 1 N–H and O–H groups in total. The van der Waals surface area contributed by atoms with Gasteiger partial charge in [-0.25, -0.2) is 21.1 Å². The van der Waals surface area contributed by atoms with E-state index in [1.165, 1.54) is 4.31 Å². The van der Waals surface area contributed by atoms with Crippen LogP contribution in [0.1, 0.15) is 26.2 Å². The van der Waals surface area contributed by atoms with E-state index in [9.17, 15) is 16.8 Å². The predicted molar refractivity (Wildman–Crippen MR) is 76.4 cm³/mol. The first-order chi connectivity index (χ1) is 8.87. The van der Waals surface area contributed by atoms with Gasteiger partial charge in [0, 0.05) is 13.1 Å². The number of hydrogen-bond donors (Lipinski definition) is 1. The molecule has 0 radical (unpaired) electrons. The summed E-state index contributed by atoms with van der Waals surface area (Å²) in [6.07, 6.45) is 1.83. The van der Waals surface area contributed by atoms with Crippen LogP contribution in [0.4, 0.5) is 0 Å². The molecule has 0 aromatic rings. The van der Waals surface area contributed by atoms with Gasteiger partial charge in [0.15, 0.2) is 9.84 Å². The smallest absolute Gasteiger partial charge is 0.214 e. The molecule has 1 aliphatic rings. The lowest BCUT2D eigenvalue weighted by molar-refractivity contribution is 0.433. The van der Waals surface area contributed by atoms with Crippen molar-refractivity contribution in [3.63, 3.8) is 0 Å². The SMILES string of the molecule is CCNCCCCS(=O)(=O)N1CCCS(=O)(=O)CC1. The molecular formula is C11H24N2O4S2. The summed E-state index contributed by atoms with van der Waals surface area (Å²) in [6, 6.07) is 0.